The molecule has 0 fully saturated rings. The fourth-order valence-electron chi connectivity index (χ4n) is 0.864. The van der Waals surface area contributed by atoms with Gasteiger partial charge in [-0.15, -0.1) is 0 Å². The van der Waals surface area contributed by atoms with Gasteiger partial charge in [0.1, 0.15) is 0 Å². The van der Waals surface area contributed by atoms with Gasteiger partial charge < -0.3 is 5.32 Å². The molecule has 1 rings (SSSR count). The Morgan fingerprint density at radius 3 is 2.80 bits per heavy atom. The zero-order valence-electron chi connectivity index (χ0n) is 6.48. The number of carbonyl (C=O) groups is 1. The highest BCUT2D eigenvalue weighted by molar-refractivity contribution is 5.98. The summed E-state index contributed by atoms with van der Waals surface area (Å²) < 4.78 is 0. The summed E-state index contributed by atoms with van der Waals surface area (Å²) in [4.78, 5) is 11.2. The van der Waals surface area contributed by atoms with E-state index in [1.165, 1.54) is 0 Å². The molecule has 1 unspecified atom stereocenters. The van der Waals surface area contributed by atoms with Gasteiger partial charge in [-0.2, -0.15) is 0 Å². The summed E-state index contributed by atoms with van der Waals surface area (Å²) in [5, 5.41) is 2.94. The van der Waals surface area contributed by atoms with Crippen molar-refractivity contribution < 1.29 is 4.79 Å². The molecular formula is C8H13NO. The van der Waals surface area contributed by atoms with Crippen LogP contribution < -0.4 is 5.32 Å². The molecule has 0 aromatic rings. The fraction of sp³-hybridized carbons (Fsp3) is 0.625. The maximum Gasteiger partial charge on any atom is 0.164 e. The minimum Gasteiger partial charge on any atom is -0.386 e. The lowest BCUT2D eigenvalue weighted by Gasteiger charge is -2.17. The molecule has 0 spiro atoms. The van der Waals surface area contributed by atoms with Crippen LogP contribution >= 0.6 is 0 Å². The number of carbonyl (C=O) groups excluding carboxylic acids is 1. The Labute approximate surface area is 61.3 Å². The quantitative estimate of drug-likeness (QED) is 0.634. The van der Waals surface area contributed by atoms with Crippen LogP contribution in [-0.2, 0) is 4.79 Å². The molecule has 0 aromatic carbocycles. The van der Waals surface area contributed by atoms with Gasteiger partial charge in [0.25, 0.3) is 0 Å². The minimum absolute atomic E-state index is 0.202. The molecule has 56 valence electrons. The van der Waals surface area contributed by atoms with E-state index >= 15 is 0 Å². The second kappa shape index (κ2) is 2.86. The highest BCUT2D eigenvalue weighted by Gasteiger charge is 2.18. The van der Waals surface area contributed by atoms with Crippen LogP contribution in [0.15, 0.2) is 11.8 Å². The van der Waals surface area contributed by atoms with E-state index in [1.807, 2.05) is 13.8 Å². The first-order valence-electron chi connectivity index (χ1n) is 3.72. The predicted molar refractivity (Wildman–Crippen MR) is 40.5 cm³/mol. The zero-order chi connectivity index (χ0) is 7.56. The second-order valence-electron chi connectivity index (χ2n) is 2.72. The predicted octanol–water partition coefficient (Wildman–Crippen LogP) is 1.09. The molecule has 2 nitrogen and oxygen atoms in total. The number of rotatable bonds is 3. The van der Waals surface area contributed by atoms with Crippen molar-refractivity contribution in [1.82, 2.24) is 5.32 Å². The largest absolute Gasteiger partial charge is 0.386 e. The first-order chi connectivity index (χ1) is 4.75. The first kappa shape index (κ1) is 7.32. The van der Waals surface area contributed by atoms with Gasteiger partial charge in [0, 0.05) is 24.2 Å². The Balaban J connectivity index is 2.48. The van der Waals surface area contributed by atoms with Gasteiger partial charge >= 0.3 is 0 Å². The van der Waals surface area contributed by atoms with Gasteiger partial charge in [0.2, 0.25) is 0 Å². The number of nitrogens with one attached hydrogen (secondary N) is 1. The molecule has 1 aliphatic heterocycles. The van der Waals surface area contributed by atoms with Crippen LogP contribution in [0.3, 0.4) is 0 Å². The van der Waals surface area contributed by atoms with E-state index in [-0.39, 0.29) is 5.92 Å². The van der Waals surface area contributed by atoms with Gasteiger partial charge in [-0.05, 0) is 6.42 Å². The van der Waals surface area contributed by atoms with E-state index < -0.39 is 0 Å². The molecule has 0 radical (unpaired) electrons. The molecule has 0 saturated carbocycles. The normalized spacial score (nSPS) is 18.4. The van der Waals surface area contributed by atoms with Gasteiger partial charge in [-0.25, -0.2) is 0 Å². The van der Waals surface area contributed by atoms with E-state index in [0.29, 0.717) is 5.78 Å². The third kappa shape index (κ3) is 1.20. The molecule has 2 heteroatoms. The van der Waals surface area contributed by atoms with Crippen molar-refractivity contribution >= 4 is 5.78 Å². The Kier molecular flexibility index (Phi) is 2.10. The second-order valence-corrected chi connectivity index (χ2v) is 2.72. The highest BCUT2D eigenvalue weighted by atomic mass is 16.1. The lowest BCUT2D eigenvalue weighted by Crippen LogP contribution is -2.30. The summed E-state index contributed by atoms with van der Waals surface area (Å²) in [7, 11) is 0. The standard InChI is InChI=1S/C8H13NO/c1-3-6(2)8(10)7-4-9-5-7/h4,6,9H,3,5H2,1-2H3. The molecule has 0 aromatic heterocycles. The zero-order valence-corrected chi connectivity index (χ0v) is 6.48. The van der Waals surface area contributed by atoms with Crippen LogP contribution in [0.5, 0.6) is 0 Å². The maximum absolute atomic E-state index is 11.2. The third-order valence-electron chi connectivity index (χ3n) is 1.95. The monoisotopic (exact) mass is 139 g/mol. The minimum atomic E-state index is 0.202. The van der Waals surface area contributed by atoms with Crippen LogP contribution in [0.4, 0.5) is 0 Å². The van der Waals surface area contributed by atoms with Gasteiger partial charge in [0.15, 0.2) is 5.78 Å². The Morgan fingerprint density at radius 1 is 1.90 bits per heavy atom. The maximum atomic E-state index is 11.2. The molecule has 1 N–H and O–H groups in total. The first-order valence-corrected chi connectivity index (χ1v) is 3.72. The highest BCUT2D eigenvalue weighted by Crippen LogP contribution is 2.12. The van der Waals surface area contributed by atoms with Crippen molar-refractivity contribution in [3.05, 3.63) is 11.8 Å². The lowest BCUT2D eigenvalue weighted by molar-refractivity contribution is -0.119. The van der Waals surface area contributed by atoms with E-state index in [4.69, 9.17) is 0 Å². The van der Waals surface area contributed by atoms with Crippen LogP contribution in [0, 0.1) is 5.92 Å². The van der Waals surface area contributed by atoms with E-state index in [9.17, 15) is 4.79 Å². The third-order valence-corrected chi connectivity index (χ3v) is 1.95. The van der Waals surface area contributed by atoms with Crippen molar-refractivity contribution in [2.24, 2.45) is 5.92 Å². The van der Waals surface area contributed by atoms with E-state index in [1.54, 1.807) is 6.20 Å². The Bertz CT molecular complexity index is 172. The average Bonchev–Trinajstić information content (AvgIpc) is 1.82. The van der Waals surface area contributed by atoms with Gasteiger partial charge in [0.05, 0.1) is 0 Å². The molecule has 0 amide bonds. The van der Waals surface area contributed by atoms with Crippen LogP contribution in [-0.4, -0.2) is 12.3 Å². The van der Waals surface area contributed by atoms with Crippen molar-refractivity contribution in [1.29, 1.82) is 0 Å². The van der Waals surface area contributed by atoms with Gasteiger partial charge in [-0.1, -0.05) is 13.8 Å². The molecule has 1 aliphatic rings. The molecular weight excluding hydrogens is 126 g/mol. The van der Waals surface area contributed by atoms with Crippen molar-refractivity contribution in [2.75, 3.05) is 6.54 Å². The summed E-state index contributed by atoms with van der Waals surface area (Å²) in [6.45, 7) is 4.78. The summed E-state index contributed by atoms with van der Waals surface area (Å²) in [5.41, 5.74) is 0.953. The molecule has 10 heavy (non-hydrogen) atoms. The Hall–Kier alpha value is -0.790. The van der Waals surface area contributed by atoms with Crippen molar-refractivity contribution in [3.63, 3.8) is 0 Å². The molecule has 0 aliphatic carbocycles. The summed E-state index contributed by atoms with van der Waals surface area (Å²) in [5.74, 6) is 0.509. The smallest absolute Gasteiger partial charge is 0.164 e. The summed E-state index contributed by atoms with van der Waals surface area (Å²) in [6.07, 6.45) is 2.74. The number of ketones is 1. The molecule has 1 atom stereocenters. The van der Waals surface area contributed by atoms with Crippen LogP contribution in [0.25, 0.3) is 0 Å². The number of Topliss-reactive ketones (excluding diaryl/α,β-unsaturated/α-hetero) is 1. The topological polar surface area (TPSA) is 29.1 Å². The van der Waals surface area contributed by atoms with Crippen LogP contribution in [0.1, 0.15) is 20.3 Å². The van der Waals surface area contributed by atoms with Crippen LogP contribution in [0.2, 0.25) is 0 Å². The molecule has 0 bridgehead atoms. The number of hydrogen-bond donors (Lipinski definition) is 1. The summed E-state index contributed by atoms with van der Waals surface area (Å²) in [6, 6.07) is 0. The molecule has 0 saturated heterocycles. The summed E-state index contributed by atoms with van der Waals surface area (Å²) >= 11 is 0. The van der Waals surface area contributed by atoms with E-state index in [0.717, 1.165) is 18.5 Å². The SMILES string of the molecule is CCC(C)C(=O)C1=CNC1. The molecule has 1 heterocycles. The number of hydrogen-bond acceptors (Lipinski definition) is 2. The van der Waals surface area contributed by atoms with E-state index in [2.05, 4.69) is 5.32 Å². The van der Waals surface area contributed by atoms with Crippen molar-refractivity contribution in [2.45, 2.75) is 20.3 Å². The van der Waals surface area contributed by atoms with Gasteiger partial charge in [-0.3, -0.25) is 4.79 Å². The van der Waals surface area contributed by atoms with Crippen molar-refractivity contribution in [3.8, 4) is 0 Å². The Morgan fingerprint density at radius 2 is 2.50 bits per heavy atom. The lowest BCUT2D eigenvalue weighted by atomic mass is 9.95. The fourth-order valence-corrected chi connectivity index (χ4v) is 0.864. The average molecular weight is 139 g/mol.